The van der Waals surface area contributed by atoms with E-state index in [0.29, 0.717) is 15.7 Å². The lowest BCUT2D eigenvalue weighted by molar-refractivity contribution is 0.0689. The zero-order valence-corrected chi connectivity index (χ0v) is 13.1. The topological polar surface area (TPSA) is 89.3 Å². The first-order valence-electron chi connectivity index (χ1n) is 5.47. The van der Waals surface area contributed by atoms with Gasteiger partial charge in [-0.1, -0.05) is 6.07 Å². The third-order valence-corrected chi connectivity index (χ3v) is 4.80. The smallest absolute Gasteiger partial charge is 0.356 e. The maximum absolute atomic E-state index is 11.5. The number of carboxylic acids is 1. The number of halogens is 1. The van der Waals surface area contributed by atoms with Crippen LogP contribution in [0.3, 0.4) is 0 Å². The number of benzene rings is 1. The third-order valence-electron chi connectivity index (χ3n) is 2.73. The highest BCUT2D eigenvalue weighted by molar-refractivity contribution is 9.10. The van der Waals surface area contributed by atoms with Crippen LogP contribution in [0.4, 0.5) is 0 Å². The first-order chi connectivity index (χ1) is 9.20. The molecular formula is C12H11BrN2O4S. The van der Waals surface area contributed by atoms with Gasteiger partial charge in [-0.3, -0.25) is 4.68 Å². The fourth-order valence-electron chi connectivity index (χ4n) is 1.80. The number of nitrogens with zero attached hydrogens (tertiary/aromatic N) is 2. The van der Waals surface area contributed by atoms with Gasteiger partial charge in [-0.25, -0.2) is 13.2 Å². The van der Waals surface area contributed by atoms with Crippen molar-refractivity contribution in [2.75, 3.05) is 6.26 Å². The van der Waals surface area contributed by atoms with Crippen molar-refractivity contribution >= 4 is 31.7 Å². The summed E-state index contributed by atoms with van der Waals surface area (Å²) in [6.45, 7) is 0. The Morgan fingerprint density at radius 3 is 2.45 bits per heavy atom. The Bertz CT molecular complexity index is 796. The molecule has 1 N–H and O–H groups in total. The first-order valence-corrected chi connectivity index (χ1v) is 8.16. The van der Waals surface area contributed by atoms with Crippen molar-refractivity contribution < 1.29 is 18.3 Å². The van der Waals surface area contributed by atoms with Crippen LogP contribution in [0, 0.1) is 0 Å². The van der Waals surface area contributed by atoms with Gasteiger partial charge in [0.15, 0.2) is 15.5 Å². The zero-order chi connectivity index (χ0) is 15.1. The van der Waals surface area contributed by atoms with E-state index < -0.39 is 15.8 Å². The summed E-state index contributed by atoms with van der Waals surface area (Å²) >= 11 is 3.22. The number of sulfone groups is 1. The average Bonchev–Trinajstić information content (AvgIpc) is 2.69. The molecule has 2 aromatic rings. The maximum Gasteiger partial charge on any atom is 0.356 e. The molecule has 6 nitrogen and oxygen atoms in total. The molecule has 0 bridgehead atoms. The molecule has 2 rings (SSSR count). The first kappa shape index (κ1) is 14.7. The van der Waals surface area contributed by atoms with Gasteiger partial charge in [-0.15, -0.1) is 0 Å². The number of aromatic carboxylic acids is 1. The van der Waals surface area contributed by atoms with Gasteiger partial charge in [0.25, 0.3) is 0 Å². The van der Waals surface area contributed by atoms with Crippen molar-refractivity contribution in [3.05, 3.63) is 34.4 Å². The summed E-state index contributed by atoms with van der Waals surface area (Å²) in [5.41, 5.74) is 1.20. The lowest BCUT2D eigenvalue weighted by Gasteiger charge is -2.06. The van der Waals surface area contributed by atoms with E-state index in [2.05, 4.69) is 21.0 Å². The molecule has 0 atom stereocenters. The molecule has 0 aliphatic carbocycles. The summed E-state index contributed by atoms with van der Waals surface area (Å²) in [6.07, 6.45) is 1.12. The minimum Gasteiger partial charge on any atom is -0.476 e. The van der Waals surface area contributed by atoms with Crippen molar-refractivity contribution in [3.8, 4) is 11.3 Å². The van der Waals surface area contributed by atoms with Crippen LogP contribution in [-0.4, -0.2) is 35.5 Å². The molecule has 0 aliphatic rings. The molecule has 0 saturated carbocycles. The normalized spacial score (nSPS) is 11.6. The minimum atomic E-state index is -3.31. The molecule has 0 aliphatic heterocycles. The molecule has 0 fully saturated rings. The van der Waals surface area contributed by atoms with Crippen LogP contribution in [-0.2, 0) is 16.9 Å². The van der Waals surface area contributed by atoms with E-state index in [9.17, 15) is 13.2 Å². The molecule has 1 heterocycles. The predicted octanol–water partition coefficient (Wildman–Crippen LogP) is 1.95. The van der Waals surface area contributed by atoms with Gasteiger partial charge >= 0.3 is 5.97 Å². The molecule has 1 aromatic carbocycles. The van der Waals surface area contributed by atoms with Gasteiger partial charge in [-0.2, -0.15) is 5.10 Å². The summed E-state index contributed by atoms with van der Waals surface area (Å²) in [4.78, 5) is 11.1. The van der Waals surface area contributed by atoms with Crippen molar-refractivity contribution in [2.24, 2.45) is 7.05 Å². The second-order valence-corrected chi connectivity index (χ2v) is 7.10. The van der Waals surface area contributed by atoms with E-state index in [1.807, 2.05) is 0 Å². The summed E-state index contributed by atoms with van der Waals surface area (Å²) in [6, 6.07) is 6.15. The Balaban J connectivity index is 2.55. The molecule has 20 heavy (non-hydrogen) atoms. The Morgan fingerprint density at radius 2 is 2.00 bits per heavy atom. The quantitative estimate of drug-likeness (QED) is 0.905. The van der Waals surface area contributed by atoms with Crippen LogP contribution < -0.4 is 0 Å². The number of carbonyl (C=O) groups is 1. The number of aromatic nitrogens is 2. The molecule has 0 spiro atoms. The Morgan fingerprint density at radius 1 is 1.35 bits per heavy atom. The zero-order valence-electron chi connectivity index (χ0n) is 10.7. The van der Waals surface area contributed by atoms with Crippen LogP contribution in [0.1, 0.15) is 10.5 Å². The van der Waals surface area contributed by atoms with Crippen molar-refractivity contribution in [1.82, 2.24) is 9.78 Å². The van der Waals surface area contributed by atoms with Gasteiger partial charge in [0.05, 0.1) is 10.6 Å². The molecule has 0 amide bonds. The summed E-state index contributed by atoms with van der Waals surface area (Å²) < 4.78 is 24.9. The van der Waals surface area contributed by atoms with Gasteiger partial charge in [0.1, 0.15) is 0 Å². The highest BCUT2D eigenvalue weighted by Crippen LogP contribution is 2.28. The van der Waals surface area contributed by atoms with Gasteiger partial charge < -0.3 is 5.11 Å². The number of carboxylic acid groups (broad SMARTS) is 1. The Hall–Kier alpha value is -1.67. The molecule has 0 radical (unpaired) electrons. The van der Waals surface area contributed by atoms with Crippen LogP contribution >= 0.6 is 15.9 Å². The lowest BCUT2D eigenvalue weighted by atomic mass is 10.1. The van der Waals surface area contributed by atoms with Crippen molar-refractivity contribution in [1.29, 1.82) is 0 Å². The van der Waals surface area contributed by atoms with E-state index in [-0.39, 0.29) is 10.6 Å². The molecule has 0 saturated heterocycles. The fraction of sp³-hybridized carbons (Fsp3) is 0.167. The monoisotopic (exact) mass is 358 g/mol. The van der Waals surface area contributed by atoms with Gasteiger partial charge in [0.2, 0.25) is 0 Å². The molecule has 8 heteroatoms. The number of aryl methyl sites for hydroxylation is 1. The summed E-state index contributed by atoms with van der Waals surface area (Å²) in [7, 11) is -1.69. The Labute approximate surface area is 124 Å². The maximum atomic E-state index is 11.5. The molecule has 1 aromatic heterocycles. The second kappa shape index (κ2) is 5.02. The number of hydrogen-bond donors (Lipinski definition) is 1. The van der Waals surface area contributed by atoms with E-state index in [1.165, 1.54) is 16.8 Å². The summed E-state index contributed by atoms with van der Waals surface area (Å²) in [5, 5.41) is 12.8. The van der Waals surface area contributed by atoms with Crippen molar-refractivity contribution in [2.45, 2.75) is 4.90 Å². The van der Waals surface area contributed by atoms with Crippen LogP contribution in [0.2, 0.25) is 0 Å². The fourth-order valence-corrected chi connectivity index (χ4v) is 3.79. The highest BCUT2D eigenvalue weighted by Gasteiger charge is 2.16. The molecule has 0 unspecified atom stereocenters. The lowest BCUT2D eigenvalue weighted by Crippen LogP contribution is -2.00. The predicted molar refractivity (Wildman–Crippen MR) is 76.4 cm³/mol. The average molecular weight is 359 g/mol. The van der Waals surface area contributed by atoms with Gasteiger partial charge in [-0.05, 0) is 34.1 Å². The van der Waals surface area contributed by atoms with E-state index in [4.69, 9.17) is 5.11 Å². The standard InChI is InChI=1S/C12H11BrN2O4S/c1-15-10(6-9(14-15)12(16)17)7-3-4-11(8(13)5-7)20(2,18)19/h3-6H,1-2H3,(H,16,17). The Kier molecular flexibility index (Phi) is 3.70. The van der Waals surface area contributed by atoms with Crippen LogP contribution in [0.15, 0.2) is 33.6 Å². The third kappa shape index (κ3) is 2.75. The highest BCUT2D eigenvalue weighted by atomic mass is 79.9. The number of rotatable bonds is 3. The van der Waals surface area contributed by atoms with Gasteiger partial charge in [0, 0.05) is 23.3 Å². The van der Waals surface area contributed by atoms with E-state index in [1.54, 1.807) is 19.2 Å². The largest absolute Gasteiger partial charge is 0.476 e. The van der Waals surface area contributed by atoms with Crippen LogP contribution in [0.25, 0.3) is 11.3 Å². The second-order valence-electron chi connectivity index (χ2n) is 4.26. The van der Waals surface area contributed by atoms with Crippen LogP contribution in [0.5, 0.6) is 0 Å². The van der Waals surface area contributed by atoms with E-state index in [0.717, 1.165) is 6.26 Å². The molecular weight excluding hydrogens is 348 g/mol. The van der Waals surface area contributed by atoms with E-state index >= 15 is 0 Å². The number of hydrogen-bond acceptors (Lipinski definition) is 4. The molecule has 106 valence electrons. The summed E-state index contributed by atoms with van der Waals surface area (Å²) in [5.74, 6) is -1.11. The SMILES string of the molecule is Cn1nc(C(=O)O)cc1-c1ccc(S(C)(=O)=O)c(Br)c1. The van der Waals surface area contributed by atoms with Crippen molar-refractivity contribution in [3.63, 3.8) is 0 Å². The minimum absolute atomic E-state index is 0.0641.